The van der Waals surface area contributed by atoms with Gasteiger partial charge in [-0.1, -0.05) is 12.1 Å². The zero-order chi connectivity index (χ0) is 15.6. The first kappa shape index (κ1) is 15.1. The Bertz CT molecular complexity index is 641. The number of aromatic nitrogens is 1. The zero-order valence-corrected chi connectivity index (χ0v) is 14.3. The molecule has 122 valence electrons. The summed E-state index contributed by atoms with van der Waals surface area (Å²) >= 11 is 1.72. The molecule has 0 amide bonds. The van der Waals surface area contributed by atoms with Gasteiger partial charge in [-0.25, -0.2) is 0 Å². The van der Waals surface area contributed by atoms with Crippen LogP contribution in [-0.4, -0.2) is 35.6 Å². The molecule has 5 heteroatoms. The number of methoxy groups -OCH3 is 1. The monoisotopic (exact) mass is 329 g/mol. The summed E-state index contributed by atoms with van der Waals surface area (Å²) in [5.74, 6) is 0.950. The van der Waals surface area contributed by atoms with Crippen molar-refractivity contribution >= 4 is 11.3 Å². The molecule has 1 aliphatic heterocycles. The molecule has 1 aromatic carbocycles. The minimum absolute atomic E-state index is 0.450. The van der Waals surface area contributed by atoms with Gasteiger partial charge >= 0.3 is 0 Å². The topological polar surface area (TPSA) is 37.4 Å². The molecule has 2 heterocycles. The number of nitrogens with zero attached hydrogens (tertiary/aromatic N) is 2. The molecule has 1 N–H and O–H groups in total. The minimum Gasteiger partial charge on any atom is -0.497 e. The molecule has 4 rings (SSSR count). The molecule has 2 aromatic rings. The summed E-state index contributed by atoms with van der Waals surface area (Å²) in [7, 11) is 1.74. The Morgan fingerprint density at radius 1 is 1.35 bits per heavy atom. The Morgan fingerprint density at radius 2 is 2.26 bits per heavy atom. The lowest BCUT2D eigenvalue weighted by Gasteiger charge is -2.29. The van der Waals surface area contributed by atoms with E-state index < -0.39 is 0 Å². The predicted molar refractivity (Wildman–Crippen MR) is 92.8 cm³/mol. The Balaban J connectivity index is 1.54. The zero-order valence-electron chi connectivity index (χ0n) is 13.4. The second-order valence-electron chi connectivity index (χ2n) is 6.43. The van der Waals surface area contributed by atoms with Crippen molar-refractivity contribution in [2.24, 2.45) is 0 Å². The van der Waals surface area contributed by atoms with E-state index >= 15 is 0 Å². The predicted octanol–water partition coefficient (Wildman–Crippen LogP) is 3.22. The summed E-state index contributed by atoms with van der Waals surface area (Å²) in [6.07, 6.45) is 5.87. The van der Waals surface area contributed by atoms with Crippen LogP contribution >= 0.6 is 11.3 Å². The van der Waals surface area contributed by atoms with E-state index in [1.807, 2.05) is 17.8 Å². The normalized spacial score (nSPS) is 24.9. The van der Waals surface area contributed by atoms with E-state index in [2.05, 4.69) is 33.4 Å². The van der Waals surface area contributed by atoms with Gasteiger partial charge in [-0.2, -0.15) is 0 Å². The van der Waals surface area contributed by atoms with Crippen LogP contribution in [0.3, 0.4) is 0 Å². The standard InChI is InChI=1S/C18H23N3OS/c1-22-15-4-2-3-13(9-15)18-17(7-8-21(18)14-5-6-14)20-11-16-10-19-12-23-16/h2-4,9-10,12,14,17-18,20H,5-8,11H2,1H3/t17-,18+/m0/s1. The number of benzene rings is 1. The van der Waals surface area contributed by atoms with Crippen molar-refractivity contribution < 1.29 is 4.74 Å². The van der Waals surface area contributed by atoms with Crippen LogP contribution in [0.5, 0.6) is 5.75 Å². The number of rotatable bonds is 6. The van der Waals surface area contributed by atoms with E-state index in [4.69, 9.17) is 4.74 Å². The van der Waals surface area contributed by atoms with Crippen LogP contribution in [0.4, 0.5) is 0 Å². The third-order valence-corrected chi connectivity index (χ3v) is 5.69. The summed E-state index contributed by atoms with van der Waals surface area (Å²) in [5.41, 5.74) is 3.28. The van der Waals surface area contributed by atoms with Crippen LogP contribution < -0.4 is 10.1 Å². The molecule has 2 atom stereocenters. The third kappa shape index (κ3) is 3.27. The number of thiazole rings is 1. The highest BCUT2D eigenvalue weighted by molar-refractivity contribution is 7.09. The molecule has 1 saturated heterocycles. The number of nitrogens with one attached hydrogen (secondary N) is 1. The fourth-order valence-electron chi connectivity index (χ4n) is 3.66. The number of hydrogen-bond donors (Lipinski definition) is 1. The average molecular weight is 329 g/mol. The first-order valence-corrected chi connectivity index (χ1v) is 9.23. The highest BCUT2D eigenvalue weighted by atomic mass is 32.1. The highest BCUT2D eigenvalue weighted by Gasteiger charge is 2.42. The van der Waals surface area contributed by atoms with E-state index in [0.29, 0.717) is 12.1 Å². The molecule has 1 aromatic heterocycles. The lowest BCUT2D eigenvalue weighted by Crippen LogP contribution is -2.36. The molecule has 0 spiro atoms. The molecule has 1 aliphatic carbocycles. The maximum Gasteiger partial charge on any atom is 0.119 e. The lowest BCUT2D eigenvalue weighted by molar-refractivity contribution is 0.226. The minimum atomic E-state index is 0.450. The largest absolute Gasteiger partial charge is 0.497 e. The molecule has 23 heavy (non-hydrogen) atoms. The first-order valence-electron chi connectivity index (χ1n) is 8.35. The highest BCUT2D eigenvalue weighted by Crippen LogP contribution is 2.41. The Morgan fingerprint density at radius 3 is 3.00 bits per heavy atom. The molecule has 4 nitrogen and oxygen atoms in total. The number of hydrogen-bond acceptors (Lipinski definition) is 5. The van der Waals surface area contributed by atoms with Crippen LogP contribution in [0.15, 0.2) is 36.0 Å². The van der Waals surface area contributed by atoms with Crippen molar-refractivity contribution in [1.29, 1.82) is 0 Å². The SMILES string of the molecule is COc1cccc([C@@H]2[C@@H](NCc3cncs3)CCN2C2CC2)c1. The lowest BCUT2D eigenvalue weighted by atomic mass is 9.99. The van der Waals surface area contributed by atoms with Gasteiger partial charge in [0.25, 0.3) is 0 Å². The molecular formula is C18H23N3OS. The van der Waals surface area contributed by atoms with Crippen LogP contribution in [0.1, 0.15) is 35.7 Å². The summed E-state index contributed by atoms with van der Waals surface area (Å²) in [6, 6.07) is 10.3. The van der Waals surface area contributed by atoms with Crippen molar-refractivity contribution in [2.75, 3.05) is 13.7 Å². The maximum absolute atomic E-state index is 5.43. The van der Waals surface area contributed by atoms with E-state index in [0.717, 1.165) is 18.3 Å². The average Bonchev–Trinajstić information content (AvgIpc) is 3.13. The van der Waals surface area contributed by atoms with Gasteiger partial charge in [-0.3, -0.25) is 9.88 Å². The smallest absolute Gasteiger partial charge is 0.119 e. The second kappa shape index (κ2) is 6.59. The van der Waals surface area contributed by atoms with Gasteiger partial charge in [0.05, 0.1) is 18.7 Å². The number of likely N-dealkylation sites (tertiary alicyclic amines) is 1. The molecular weight excluding hydrogens is 306 g/mol. The van der Waals surface area contributed by atoms with Gasteiger partial charge in [0, 0.05) is 36.2 Å². The van der Waals surface area contributed by atoms with E-state index in [1.54, 1.807) is 18.4 Å². The summed E-state index contributed by atoms with van der Waals surface area (Å²) in [6.45, 7) is 2.10. The van der Waals surface area contributed by atoms with Crippen molar-refractivity contribution in [2.45, 2.75) is 43.9 Å². The van der Waals surface area contributed by atoms with Crippen molar-refractivity contribution in [3.05, 3.63) is 46.4 Å². The number of ether oxygens (including phenoxy) is 1. The van der Waals surface area contributed by atoms with Gasteiger partial charge in [0.2, 0.25) is 0 Å². The van der Waals surface area contributed by atoms with Gasteiger partial charge in [-0.15, -0.1) is 11.3 Å². The van der Waals surface area contributed by atoms with Crippen LogP contribution in [-0.2, 0) is 6.54 Å². The Hall–Kier alpha value is -1.43. The maximum atomic E-state index is 5.43. The van der Waals surface area contributed by atoms with E-state index in [-0.39, 0.29) is 0 Å². The van der Waals surface area contributed by atoms with Gasteiger partial charge in [-0.05, 0) is 37.0 Å². The molecule has 0 unspecified atom stereocenters. The van der Waals surface area contributed by atoms with E-state index in [1.165, 1.54) is 36.2 Å². The van der Waals surface area contributed by atoms with Crippen molar-refractivity contribution in [3.63, 3.8) is 0 Å². The van der Waals surface area contributed by atoms with Crippen LogP contribution in [0.25, 0.3) is 0 Å². The summed E-state index contributed by atoms with van der Waals surface area (Å²) in [5, 5.41) is 3.77. The van der Waals surface area contributed by atoms with Crippen LogP contribution in [0.2, 0.25) is 0 Å². The molecule has 0 radical (unpaired) electrons. The Labute approximate surface area is 141 Å². The van der Waals surface area contributed by atoms with Crippen LogP contribution in [0, 0.1) is 0 Å². The molecule has 1 saturated carbocycles. The molecule has 2 aliphatic rings. The summed E-state index contributed by atoms with van der Waals surface area (Å²) in [4.78, 5) is 8.17. The van der Waals surface area contributed by atoms with Crippen molar-refractivity contribution in [1.82, 2.24) is 15.2 Å². The fraction of sp³-hybridized carbons (Fsp3) is 0.500. The molecule has 2 fully saturated rings. The van der Waals surface area contributed by atoms with Gasteiger partial charge < -0.3 is 10.1 Å². The summed E-state index contributed by atoms with van der Waals surface area (Å²) < 4.78 is 5.43. The van der Waals surface area contributed by atoms with E-state index in [9.17, 15) is 0 Å². The Kier molecular flexibility index (Phi) is 4.33. The second-order valence-corrected chi connectivity index (χ2v) is 7.41. The first-order chi connectivity index (χ1) is 11.3. The van der Waals surface area contributed by atoms with Gasteiger partial charge in [0.15, 0.2) is 0 Å². The third-order valence-electron chi connectivity index (χ3n) is 4.91. The van der Waals surface area contributed by atoms with Crippen molar-refractivity contribution in [3.8, 4) is 5.75 Å². The fourth-order valence-corrected chi connectivity index (χ4v) is 4.20. The molecule has 0 bridgehead atoms. The quantitative estimate of drug-likeness (QED) is 0.883. The van der Waals surface area contributed by atoms with Gasteiger partial charge in [0.1, 0.15) is 5.75 Å².